The second kappa shape index (κ2) is 4.00. The van der Waals surface area contributed by atoms with Crippen LogP contribution in [0.25, 0.3) is 22.4 Å². The summed E-state index contributed by atoms with van der Waals surface area (Å²) in [7, 11) is 0. The van der Waals surface area contributed by atoms with Gasteiger partial charge in [0.25, 0.3) is 0 Å². The minimum absolute atomic E-state index is 0.0504. The maximum Gasteiger partial charge on any atom is 0.141 e. The predicted octanol–water partition coefficient (Wildman–Crippen LogP) is 3.45. The monoisotopic (exact) mass is 266 g/mol. The maximum absolute atomic E-state index is 9.68. The number of fused-ring (bicyclic) bond motifs is 1. The summed E-state index contributed by atoms with van der Waals surface area (Å²) in [6.07, 6.45) is 2.30. The first-order valence-electron chi connectivity index (χ1n) is 6.73. The zero-order valence-corrected chi connectivity index (χ0v) is 10.8. The average Bonchev–Trinajstić information content (AvgIpc) is 3.17. The van der Waals surface area contributed by atoms with Crippen molar-refractivity contribution in [2.45, 2.75) is 18.9 Å². The molecule has 0 radical (unpaired) electrons. The fourth-order valence-electron chi connectivity index (χ4n) is 2.67. The Balaban J connectivity index is 2.01. The van der Waals surface area contributed by atoms with E-state index in [1.165, 1.54) is 6.07 Å². The van der Waals surface area contributed by atoms with Crippen molar-refractivity contribution in [3.8, 4) is 22.9 Å². The first kappa shape index (κ1) is 11.3. The molecule has 4 heteroatoms. The zero-order chi connectivity index (χ0) is 13.7. The van der Waals surface area contributed by atoms with Crippen LogP contribution in [-0.4, -0.2) is 19.8 Å². The van der Waals surface area contributed by atoms with E-state index in [-0.39, 0.29) is 11.5 Å². The number of phenols is 2. The molecular weight excluding hydrogens is 252 g/mol. The summed E-state index contributed by atoms with van der Waals surface area (Å²) in [5.74, 6) is 0.906. The first-order valence-corrected chi connectivity index (χ1v) is 6.73. The van der Waals surface area contributed by atoms with Gasteiger partial charge in [-0.25, -0.2) is 4.98 Å². The average molecular weight is 266 g/mol. The Hall–Kier alpha value is -2.49. The third kappa shape index (κ3) is 1.72. The second-order valence-electron chi connectivity index (χ2n) is 5.26. The van der Waals surface area contributed by atoms with Gasteiger partial charge in [-0.05, 0) is 37.1 Å². The molecule has 0 atom stereocenters. The molecule has 1 aromatic heterocycles. The summed E-state index contributed by atoms with van der Waals surface area (Å²) in [4.78, 5) is 4.67. The van der Waals surface area contributed by atoms with Gasteiger partial charge in [0.05, 0.1) is 11.0 Å². The molecular formula is C16H14N2O2. The number of hydrogen-bond acceptors (Lipinski definition) is 3. The number of aromatic hydroxyl groups is 2. The summed E-state index contributed by atoms with van der Waals surface area (Å²) < 4.78 is 2.21. The summed E-state index contributed by atoms with van der Waals surface area (Å²) in [5, 5.41) is 19.4. The molecule has 3 aromatic rings. The van der Waals surface area contributed by atoms with Gasteiger partial charge in [0.2, 0.25) is 0 Å². The van der Waals surface area contributed by atoms with Gasteiger partial charge in [0, 0.05) is 17.7 Å². The van der Waals surface area contributed by atoms with Crippen molar-refractivity contribution in [2.24, 2.45) is 0 Å². The van der Waals surface area contributed by atoms with E-state index in [0.29, 0.717) is 6.04 Å². The van der Waals surface area contributed by atoms with Crippen LogP contribution in [0.1, 0.15) is 18.9 Å². The molecule has 4 rings (SSSR count). The number of imidazole rings is 1. The van der Waals surface area contributed by atoms with Gasteiger partial charge in [0.15, 0.2) is 0 Å². The number of aromatic nitrogens is 2. The SMILES string of the molecule is Oc1cc(O)cc(-c2nc3ccccc3n2C2CC2)c1. The third-order valence-electron chi connectivity index (χ3n) is 3.67. The van der Waals surface area contributed by atoms with Gasteiger partial charge in [-0.15, -0.1) is 0 Å². The van der Waals surface area contributed by atoms with E-state index in [1.807, 2.05) is 18.2 Å². The van der Waals surface area contributed by atoms with Crippen LogP contribution >= 0.6 is 0 Å². The van der Waals surface area contributed by atoms with Gasteiger partial charge in [-0.1, -0.05) is 12.1 Å². The molecule has 0 aliphatic heterocycles. The van der Waals surface area contributed by atoms with Crippen molar-refractivity contribution in [3.63, 3.8) is 0 Å². The summed E-state index contributed by atoms with van der Waals surface area (Å²) in [6, 6.07) is 13.1. The van der Waals surface area contributed by atoms with E-state index < -0.39 is 0 Å². The van der Waals surface area contributed by atoms with Crippen LogP contribution in [0.15, 0.2) is 42.5 Å². The van der Waals surface area contributed by atoms with Crippen LogP contribution in [0.3, 0.4) is 0 Å². The molecule has 1 saturated carbocycles. The van der Waals surface area contributed by atoms with Crippen LogP contribution < -0.4 is 0 Å². The van der Waals surface area contributed by atoms with Gasteiger partial charge in [-0.2, -0.15) is 0 Å². The van der Waals surface area contributed by atoms with Crippen LogP contribution in [0.2, 0.25) is 0 Å². The van der Waals surface area contributed by atoms with Gasteiger partial charge in [-0.3, -0.25) is 0 Å². The Morgan fingerprint density at radius 3 is 2.40 bits per heavy atom. The molecule has 100 valence electrons. The normalized spacial score (nSPS) is 14.8. The summed E-state index contributed by atoms with van der Waals surface area (Å²) in [6.45, 7) is 0. The molecule has 0 bridgehead atoms. The van der Waals surface area contributed by atoms with E-state index in [0.717, 1.165) is 35.3 Å². The molecule has 4 nitrogen and oxygen atoms in total. The van der Waals surface area contributed by atoms with E-state index >= 15 is 0 Å². The van der Waals surface area contributed by atoms with Crippen molar-refractivity contribution < 1.29 is 10.2 Å². The van der Waals surface area contributed by atoms with Gasteiger partial charge < -0.3 is 14.8 Å². The fraction of sp³-hybridized carbons (Fsp3) is 0.188. The lowest BCUT2D eigenvalue weighted by molar-refractivity contribution is 0.451. The number of nitrogens with zero attached hydrogens (tertiary/aromatic N) is 2. The molecule has 2 aromatic carbocycles. The topological polar surface area (TPSA) is 58.3 Å². The van der Waals surface area contributed by atoms with Gasteiger partial charge in [0.1, 0.15) is 17.3 Å². The molecule has 0 amide bonds. The standard InChI is InChI=1S/C16H14N2O2/c19-12-7-10(8-13(20)9-12)16-17-14-3-1-2-4-15(14)18(16)11-5-6-11/h1-4,7-9,11,19-20H,5-6H2. The molecule has 1 fully saturated rings. The molecule has 2 N–H and O–H groups in total. The Morgan fingerprint density at radius 1 is 1.00 bits per heavy atom. The Labute approximate surface area is 115 Å². The minimum Gasteiger partial charge on any atom is -0.508 e. The minimum atomic E-state index is 0.0504. The van der Waals surface area contributed by atoms with Crippen LogP contribution in [0, 0.1) is 0 Å². The van der Waals surface area contributed by atoms with E-state index in [2.05, 4.69) is 15.6 Å². The zero-order valence-electron chi connectivity index (χ0n) is 10.8. The Morgan fingerprint density at radius 2 is 1.70 bits per heavy atom. The van der Waals surface area contributed by atoms with Crippen LogP contribution in [-0.2, 0) is 0 Å². The molecule has 0 spiro atoms. The predicted molar refractivity (Wildman–Crippen MR) is 76.8 cm³/mol. The highest BCUT2D eigenvalue weighted by Crippen LogP contribution is 2.42. The third-order valence-corrected chi connectivity index (χ3v) is 3.67. The number of rotatable bonds is 2. The highest BCUT2D eigenvalue weighted by atomic mass is 16.3. The number of hydrogen-bond donors (Lipinski definition) is 2. The van der Waals surface area contributed by atoms with Crippen molar-refractivity contribution in [3.05, 3.63) is 42.5 Å². The molecule has 0 unspecified atom stereocenters. The van der Waals surface area contributed by atoms with Crippen LogP contribution in [0.4, 0.5) is 0 Å². The molecule has 1 aliphatic carbocycles. The number of para-hydroxylation sites is 2. The Kier molecular flexibility index (Phi) is 2.27. The molecule has 1 heterocycles. The molecule has 0 saturated heterocycles. The fourth-order valence-corrected chi connectivity index (χ4v) is 2.67. The van der Waals surface area contributed by atoms with E-state index in [9.17, 15) is 10.2 Å². The first-order chi connectivity index (χ1) is 9.72. The lowest BCUT2D eigenvalue weighted by Crippen LogP contribution is -1.97. The quantitative estimate of drug-likeness (QED) is 0.747. The number of benzene rings is 2. The Bertz CT molecular complexity index is 783. The lowest BCUT2D eigenvalue weighted by Gasteiger charge is -2.08. The lowest BCUT2D eigenvalue weighted by atomic mass is 10.2. The van der Waals surface area contributed by atoms with E-state index in [1.54, 1.807) is 12.1 Å². The van der Waals surface area contributed by atoms with Crippen molar-refractivity contribution in [1.82, 2.24) is 9.55 Å². The number of phenolic OH excluding ortho intramolecular Hbond substituents is 2. The highest BCUT2D eigenvalue weighted by molar-refractivity contribution is 5.81. The smallest absolute Gasteiger partial charge is 0.141 e. The maximum atomic E-state index is 9.68. The molecule has 1 aliphatic rings. The van der Waals surface area contributed by atoms with E-state index in [4.69, 9.17) is 0 Å². The summed E-state index contributed by atoms with van der Waals surface area (Å²) in [5.41, 5.74) is 2.79. The second-order valence-corrected chi connectivity index (χ2v) is 5.26. The van der Waals surface area contributed by atoms with Gasteiger partial charge >= 0.3 is 0 Å². The highest BCUT2D eigenvalue weighted by Gasteiger charge is 2.28. The van der Waals surface area contributed by atoms with Crippen LogP contribution in [0.5, 0.6) is 11.5 Å². The molecule has 20 heavy (non-hydrogen) atoms. The largest absolute Gasteiger partial charge is 0.508 e. The van der Waals surface area contributed by atoms with Crippen molar-refractivity contribution >= 4 is 11.0 Å². The van der Waals surface area contributed by atoms with Crippen molar-refractivity contribution in [2.75, 3.05) is 0 Å². The summed E-state index contributed by atoms with van der Waals surface area (Å²) >= 11 is 0. The van der Waals surface area contributed by atoms with Crippen molar-refractivity contribution in [1.29, 1.82) is 0 Å².